The van der Waals surface area contributed by atoms with Crippen LogP contribution in [0.25, 0.3) is 22.3 Å². The van der Waals surface area contributed by atoms with Crippen molar-refractivity contribution >= 4 is 75.4 Å². The zero-order chi connectivity index (χ0) is 16.1. The van der Waals surface area contributed by atoms with Gasteiger partial charge in [-0.25, -0.2) is 0 Å². The molecule has 4 rings (SSSR count). The van der Waals surface area contributed by atoms with E-state index in [1.807, 2.05) is 0 Å². The summed E-state index contributed by atoms with van der Waals surface area (Å²) in [5.41, 5.74) is 1.98. The summed E-state index contributed by atoms with van der Waals surface area (Å²) in [6, 6.07) is 0. The van der Waals surface area contributed by atoms with E-state index in [2.05, 4.69) is 39.9 Å². The molecule has 23 heavy (non-hydrogen) atoms. The van der Waals surface area contributed by atoms with Gasteiger partial charge in [-0.05, 0) is 0 Å². The molecule has 0 unspecified atom stereocenters. The van der Waals surface area contributed by atoms with Crippen molar-refractivity contribution in [1.82, 2.24) is 39.9 Å². The fourth-order valence-electron chi connectivity index (χ4n) is 2.10. The van der Waals surface area contributed by atoms with Gasteiger partial charge in [0, 0.05) is 0 Å². The van der Waals surface area contributed by atoms with Crippen molar-refractivity contribution in [2.75, 3.05) is 0 Å². The summed E-state index contributed by atoms with van der Waals surface area (Å²) < 4.78 is 1.60. The van der Waals surface area contributed by atoms with Gasteiger partial charge >= 0.3 is 161 Å². The first kappa shape index (κ1) is 15.7. The number of aromatic nitrogens is 8. The molecule has 0 aliphatic heterocycles. The van der Waals surface area contributed by atoms with E-state index in [9.17, 15) is 0 Å². The van der Waals surface area contributed by atoms with E-state index in [1.165, 1.54) is 0 Å². The van der Waals surface area contributed by atoms with Gasteiger partial charge in [-0.1, -0.05) is 0 Å². The average molecular weight is 577 g/mol. The molecule has 2 N–H and O–H groups in total. The van der Waals surface area contributed by atoms with Crippen LogP contribution in [0.3, 0.4) is 0 Å². The predicted octanol–water partition coefficient (Wildman–Crippen LogP) is 1.67. The number of hydrogen-bond acceptors (Lipinski definition) is 6. The maximum absolute atomic E-state index is 6.03. The molecule has 0 fully saturated rings. The average Bonchev–Trinajstić information content (AvgIpc) is 3.02. The number of nitrogens with zero attached hydrogens (tertiary/aromatic N) is 6. The zero-order valence-corrected chi connectivity index (χ0v) is 19.4. The van der Waals surface area contributed by atoms with Crippen molar-refractivity contribution < 1.29 is 24.6 Å². The fraction of sp³-hybridized carbons (Fsp3) is 0. The minimum absolute atomic E-state index is 0.0534. The van der Waals surface area contributed by atoms with Crippen LogP contribution in [0.4, 0.5) is 0 Å². The Kier molecular flexibility index (Phi) is 4.05. The van der Waals surface area contributed by atoms with Crippen LogP contribution in [0.2, 0.25) is 20.9 Å². The second-order valence-electron chi connectivity index (χ2n) is 4.51. The number of fused-ring (bicyclic) bond motifs is 2. The topological polar surface area (TPSA) is 109 Å². The standard InChI is InChI=1S/2C5HCl2N4.Hg/c2*6-3-2-4(9-1-8-2)11-5(7)10-3;/h2*(H,8,9,10,11);. The molecule has 0 bridgehead atoms. The Balaban J connectivity index is 1.75. The van der Waals surface area contributed by atoms with Crippen molar-refractivity contribution in [1.29, 1.82) is 0 Å². The van der Waals surface area contributed by atoms with Crippen molar-refractivity contribution in [3.63, 3.8) is 0 Å². The van der Waals surface area contributed by atoms with Gasteiger partial charge in [0.05, 0.1) is 0 Å². The summed E-state index contributed by atoms with van der Waals surface area (Å²) in [5.74, 6) is 0. The van der Waals surface area contributed by atoms with Crippen LogP contribution in [0.15, 0.2) is 0 Å². The molecule has 4 heterocycles. The van der Waals surface area contributed by atoms with Crippen LogP contribution in [0, 0.1) is 0 Å². The molecule has 13 heteroatoms. The van der Waals surface area contributed by atoms with Gasteiger partial charge in [0.2, 0.25) is 0 Å². The SMILES string of the molecule is Clc1nc(Cl)c2[nH][c]([Hg][c]3nc4nc(Cl)nc(Cl)c4[nH]3)nc2n1. The summed E-state index contributed by atoms with van der Waals surface area (Å²) in [4.78, 5) is 30.9. The molecule has 0 amide bonds. The molecule has 0 radical (unpaired) electrons. The molecule has 4 aromatic rings. The van der Waals surface area contributed by atoms with E-state index in [0.717, 1.165) is 6.67 Å². The first-order valence-electron chi connectivity index (χ1n) is 6.15. The number of H-pyrrole nitrogens is 2. The molecule has 0 saturated heterocycles. The molecule has 0 aliphatic rings. The molecule has 112 valence electrons. The summed E-state index contributed by atoms with van der Waals surface area (Å²) >= 11 is 21.7. The predicted molar refractivity (Wildman–Crippen MR) is 82.7 cm³/mol. The number of aromatic amines is 2. The van der Waals surface area contributed by atoms with Gasteiger partial charge in [0.15, 0.2) is 0 Å². The second-order valence-corrected chi connectivity index (χ2v) is 12.5. The molecule has 0 aromatic carbocycles. The summed E-state index contributed by atoms with van der Waals surface area (Å²) in [5, 5.41) is 0.574. The van der Waals surface area contributed by atoms with Gasteiger partial charge in [-0.2, -0.15) is 0 Å². The van der Waals surface area contributed by atoms with Crippen LogP contribution in [0.1, 0.15) is 0 Å². The molecule has 0 spiro atoms. The Morgan fingerprint density at radius 3 is 1.48 bits per heavy atom. The Labute approximate surface area is 159 Å². The summed E-state index contributed by atoms with van der Waals surface area (Å²) in [7, 11) is 0. The van der Waals surface area contributed by atoms with Gasteiger partial charge in [-0.15, -0.1) is 0 Å². The number of nitrogens with one attached hydrogen (secondary N) is 2. The van der Waals surface area contributed by atoms with E-state index in [-0.39, 0.29) is 20.9 Å². The number of imidazole rings is 2. The van der Waals surface area contributed by atoms with Gasteiger partial charge in [0.25, 0.3) is 0 Å². The Bertz CT molecular complexity index is 976. The second kappa shape index (κ2) is 5.93. The van der Waals surface area contributed by atoms with Crippen LogP contribution in [-0.4, -0.2) is 39.9 Å². The van der Waals surface area contributed by atoms with Crippen LogP contribution in [0.5, 0.6) is 0 Å². The molecule has 4 aromatic heterocycles. The summed E-state index contributed by atoms with van der Waals surface area (Å²) in [6.45, 7) is 0. The van der Waals surface area contributed by atoms with Gasteiger partial charge in [0.1, 0.15) is 0 Å². The van der Waals surface area contributed by atoms with E-state index >= 15 is 0 Å². The normalized spacial score (nSPS) is 11.3. The van der Waals surface area contributed by atoms with E-state index in [1.54, 1.807) is 0 Å². The van der Waals surface area contributed by atoms with Crippen molar-refractivity contribution in [2.45, 2.75) is 0 Å². The Morgan fingerprint density at radius 1 is 0.609 bits per heavy atom. The number of rotatable bonds is 2. The Morgan fingerprint density at radius 2 is 1.04 bits per heavy atom. The third kappa shape index (κ3) is 2.98. The van der Waals surface area contributed by atoms with Gasteiger partial charge in [-0.3, -0.25) is 0 Å². The van der Waals surface area contributed by atoms with Crippen LogP contribution in [-0.2, 0) is 24.6 Å². The fourth-order valence-corrected chi connectivity index (χ4v) is 8.01. The third-order valence-corrected chi connectivity index (χ3v) is 9.08. The molecular formula is C10H2Cl4HgN8. The van der Waals surface area contributed by atoms with Crippen molar-refractivity contribution in [3.8, 4) is 0 Å². The van der Waals surface area contributed by atoms with E-state index in [4.69, 9.17) is 46.4 Å². The van der Waals surface area contributed by atoms with E-state index in [0.29, 0.717) is 22.3 Å². The molecule has 0 aliphatic carbocycles. The van der Waals surface area contributed by atoms with E-state index < -0.39 is 24.6 Å². The molecule has 0 atom stereocenters. The minimum atomic E-state index is -1.94. The number of halogens is 4. The first-order chi connectivity index (χ1) is 11.0. The Hall–Kier alpha value is -0.805. The molecule has 0 saturated carbocycles. The van der Waals surface area contributed by atoms with Crippen LogP contribution >= 0.6 is 46.4 Å². The van der Waals surface area contributed by atoms with Gasteiger partial charge < -0.3 is 0 Å². The molecule has 8 nitrogen and oxygen atoms in total. The third-order valence-electron chi connectivity index (χ3n) is 2.99. The summed E-state index contributed by atoms with van der Waals surface area (Å²) in [6.07, 6.45) is 0. The van der Waals surface area contributed by atoms with Crippen molar-refractivity contribution in [2.24, 2.45) is 0 Å². The van der Waals surface area contributed by atoms with Crippen molar-refractivity contribution in [3.05, 3.63) is 20.9 Å². The maximum atomic E-state index is 6.03. The molecular weight excluding hydrogens is 575 g/mol. The quantitative estimate of drug-likeness (QED) is 0.214. The number of hydrogen-bond donors (Lipinski definition) is 2. The monoisotopic (exact) mass is 576 g/mol. The zero-order valence-electron chi connectivity index (χ0n) is 10.9. The first-order valence-corrected chi connectivity index (χ1v) is 13.2. The van der Waals surface area contributed by atoms with Crippen LogP contribution < -0.4 is 6.67 Å².